The van der Waals surface area contributed by atoms with Crippen LogP contribution in [0.1, 0.15) is 43.4 Å². The van der Waals surface area contributed by atoms with E-state index < -0.39 is 5.82 Å². The van der Waals surface area contributed by atoms with Crippen molar-refractivity contribution in [3.05, 3.63) is 35.2 Å². The van der Waals surface area contributed by atoms with E-state index in [1.807, 2.05) is 33.8 Å². The molecule has 0 amide bonds. The summed E-state index contributed by atoms with van der Waals surface area (Å²) in [6.45, 7) is 8.52. The van der Waals surface area contributed by atoms with Gasteiger partial charge in [0.15, 0.2) is 11.6 Å². The Hall–Kier alpha value is -2.11. The smallest absolute Gasteiger partial charge is 0.224 e. The minimum absolute atomic E-state index is 0.106. The first-order valence-electron chi connectivity index (χ1n) is 7.11. The SMILES string of the molecule is CCCNc1ncc(F)c(NC(C)c2cc(C)oc2C)n1. The molecular formula is C15H21FN4O. The second-order valence-electron chi connectivity index (χ2n) is 5.05. The van der Waals surface area contributed by atoms with Crippen LogP contribution in [0.3, 0.4) is 0 Å². The molecule has 1 unspecified atom stereocenters. The van der Waals surface area contributed by atoms with Crippen LogP contribution in [0.15, 0.2) is 16.7 Å². The average Bonchev–Trinajstić information content (AvgIpc) is 2.78. The van der Waals surface area contributed by atoms with Gasteiger partial charge in [0.05, 0.1) is 12.2 Å². The largest absolute Gasteiger partial charge is 0.466 e. The Balaban J connectivity index is 2.16. The third kappa shape index (κ3) is 3.71. The van der Waals surface area contributed by atoms with Crippen molar-refractivity contribution in [3.8, 4) is 0 Å². The summed E-state index contributed by atoms with van der Waals surface area (Å²) in [5, 5.41) is 6.11. The summed E-state index contributed by atoms with van der Waals surface area (Å²) in [7, 11) is 0. The minimum atomic E-state index is -0.471. The lowest BCUT2D eigenvalue weighted by atomic mass is 10.1. The number of nitrogens with one attached hydrogen (secondary N) is 2. The molecule has 2 aromatic rings. The lowest BCUT2D eigenvalue weighted by molar-refractivity contribution is 0.499. The van der Waals surface area contributed by atoms with E-state index in [1.165, 1.54) is 6.20 Å². The number of rotatable bonds is 6. The van der Waals surface area contributed by atoms with Crippen molar-refractivity contribution in [3.63, 3.8) is 0 Å². The number of hydrogen-bond donors (Lipinski definition) is 2. The summed E-state index contributed by atoms with van der Waals surface area (Å²) in [6, 6.07) is 1.84. The second kappa shape index (κ2) is 6.56. The van der Waals surface area contributed by atoms with Crippen LogP contribution in [0.5, 0.6) is 0 Å². The van der Waals surface area contributed by atoms with Crippen molar-refractivity contribution in [1.82, 2.24) is 9.97 Å². The maximum absolute atomic E-state index is 13.8. The van der Waals surface area contributed by atoms with Crippen LogP contribution in [-0.2, 0) is 0 Å². The summed E-state index contributed by atoms with van der Waals surface area (Å²) in [6.07, 6.45) is 2.13. The number of nitrogens with zero attached hydrogens (tertiary/aromatic N) is 2. The van der Waals surface area contributed by atoms with Crippen molar-refractivity contribution < 1.29 is 8.81 Å². The molecule has 0 aromatic carbocycles. The highest BCUT2D eigenvalue weighted by molar-refractivity contribution is 5.43. The van der Waals surface area contributed by atoms with Gasteiger partial charge in [-0.3, -0.25) is 0 Å². The lowest BCUT2D eigenvalue weighted by Gasteiger charge is -2.15. The van der Waals surface area contributed by atoms with E-state index in [0.29, 0.717) is 5.95 Å². The predicted molar refractivity (Wildman–Crippen MR) is 81.0 cm³/mol. The molecule has 0 aliphatic carbocycles. The Labute approximate surface area is 124 Å². The standard InChI is InChI=1S/C15H21FN4O/c1-5-6-17-15-18-8-13(16)14(20-15)19-10(3)12-7-9(2)21-11(12)4/h7-8,10H,5-6H2,1-4H3,(H2,17,18,19,20). The van der Waals surface area contributed by atoms with E-state index in [-0.39, 0.29) is 11.9 Å². The fourth-order valence-corrected chi connectivity index (χ4v) is 2.15. The fraction of sp³-hybridized carbons (Fsp3) is 0.467. The Kier molecular flexibility index (Phi) is 4.77. The minimum Gasteiger partial charge on any atom is -0.466 e. The Morgan fingerprint density at radius 3 is 2.76 bits per heavy atom. The van der Waals surface area contributed by atoms with E-state index >= 15 is 0 Å². The summed E-state index contributed by atoms with van der Waals surface area (Å²) >= 11 is 0. The molecule has 0 radical (unpaired) electrons. The van der Waals surface area contributed by atoms with Gasteiger partial charge in [0.25, 0.3) is 0 Å². The second-order valence-corrected chi connectivity index (χ2v) is 5.05. The van der Waals surface area contributed by atoms with Crippen molar-refractivity contribution >= 4 is 11.8 Å². The molecule has 0 saturated carbocycles. The predicted octanol–water partition coefficient (Wildman–Crippen LogP) is 3.82. The van der Waals surface area contributed by atoms with Gasteiger partial charge in [0, 0.05) is 12.1 Å². The molecule has 5 nitrogen and oxygen atoms in total. The zero-order valence-corrected chi connectivity index (χ0v) is 12.8. The van der Waals surface area contributed by atoms with Crippen LogP contribution in [0.25, 0.3) is 0 Å². The first kappa shape index (κ1) is 15.3. The highest BCUT2D eigenvalue weighted by atomic mass is 19.1. The third-order valence-electron chi connectivity index (χ3n) is 3.18. The third-order valence-corrected chi connectivity index (χ3v) is 3.18. The monoisotopic (exact) mass is 292 g/mol. The molecule has 0 fully saturated rings. The maximum atomic E-state index is 13.8. The highest BCUT2D eigenvalue weighted by Crippen LogP contribution is 2.25. The number of aryl methyl sites for hydroxylation is 2. The van der Waals surface area contributed by atoms with Crippen LogP contribution in [0.4, 0.5) is 16.2 Å². The maximum Gasteiger partial charge on any atom is 0.224 e. The fourth-order valence-electron chi connectivity index (χ4n) is 2.15. The Morgan fingerprint density at radius 1 is 1.38 bits per heavy atom. The van der Waals surface area contributed by atoms with E-state index in [9.17, 15) is 4.39 Å². The van der Waals surface area contributed by atoms with E-state index in [4.69, 9.17) is 4.42 Å². The first-order valence-corrected chi connectivity index (χ1v) is 7.11. The topological polar surface area (TPSA) is 63.0 Å². The zero-order valence-electron chi connectivity index (χ0n) is 12.8. The van der Waals surface area contributed by atoms with Crippen LogP contribution >= 0.6 is 0 Å². The molecule has 1 atom stereocenters. The van der Waals surface area contributed by atoms with Crippen LogP contribution in [0, 0.1) is 19.7 Å². The molecule has 21 heavy (non-hydrogen) atoms. The number of furan rings is 1. The van der Waals surface area contributed by atoms with Gasteiger partial charge >= 0.3 is 0 Å². The van der Waals surface area contributed by atoms with E-state index in [2.05, 4.69) is 20.6 Å². The van der Waals surface area contributed by atoms with Crippen molar-refractivity contribution in [2.24, 2.45) is 0 Å². The Bertz CT molecular complexity index is 612. The van der Waals surface area contributed by atoms with Crippen LogP contribution < -0.4 is 10.6 Å². The molecule has 2 rings (SSSR count). The van der Waals surface area contributed by atoms with E-state index in [1.54, 1.807) is 0 Å². The summed E-state index contributed by atoms with van der Waals surface area (Å²) in [5.41, 5.74) is 0.994. The molecule has 0 aliphatic heterocycles. The quantitative estimate of drug-likeness (QED) is 0.847. The molecule has 114 valence electrons. The van der Waals surface area contributed by atoms with Gasteiger partial charge in [-0.2, -0.15) is 4.98 Å². The van der Waals surface area contributed by atoms with Crippen molar-refractivity contribution in [2.75, 3.05) is 17.2 Å². The molecule has 0 saturated heterocycles. The molecule has 2 aromatic heterocycles. The molecular weight excluding hydrogens is 271 g/mol. The summed E-state index contributed by atoms with van der Waals surface area (Å²) in [4.78, 5) is 8.10. The molecule has 2 heterocycles. The van der Waals surface area contributed by atoms with Gasteiger partial charge in [0.2, 0.25) is 5.95 Å². The van der Waals surface area contributed by atoms with Crippen molar-refractivity contribution in [1.29, 1.82) is 0 Å². The number of halogens is 1. The van der Waals surface area contributed by atoms with E-state index in [0.717, 1.165) is 30.0 Å². The van der Waals surface area contributed by atoms with Crippen molar-refractivity contribution in [2.45, 2.75) is 40.2 Å². The summed E-state index contributed by atoms with van der Waals surface area (Å²) in [5.74, 6) is 1.81. The molecule has 6 heteroatoms. The highest BCUT2D eigenvalue weighted by Gasteiger charge is 2.15. The molecule has 2 N–H and O–H groups in total. The van der Waals surface area contributed by atoms with Crippen LogP contribution in [0.2, 0.25) is 0 Å². The average molecular weight is 292 g/mol. The number of aromatic nitrogens is 2. The lowest BCUT2D eigenvalue weighted by Crippen LogP contribution is -2.12. The molecule has 0 aliphatic rings. The van der Waals surface area contributed by atoms with Gasteiger partial charge in [-0.25, -0.2) is 9.37 Å². The molecule has 0 spiro atoms. The number of anilines is 2. The first-order chi connectivity index (χ1) is 10.0. The van der Waals surface area contributed by atoms with Gasteiger partial charge in [-0.05, 0) is 33.3 Å². The zero-order chi connectivity index (χ0) is 15.4. The van der Waals surface area contributed by atoms with Gasteiger partial charge in [-0.15, -0.1) is 0 Å². The van der Waals surface area contributed by atoms with Crippen LogP contribution in [-0.4, -0.2) is 16.5 Å². The van der Waals surface area contributed by atoms with Gasteiger partial charge < -0.3 is 15.1 Å². The van der Waals surface area contributed by atoms with Gasteiger partial charge in [-0.1, -0.05) is 6.92 Å². The molecule has 0 bridgehead atoms. The Morgan fingerprint density at radius 2 is 2.14 bits per heavy atom. The summed E-state index contributed by atoms with van der Waals surface area (Å²) < 4.78 is 19.3. The number of hydrogen-bond acceptors (Lipinski definition) is 5. The normalized spacial score (nSPS) is 12.2. The van der Waals surface area contributed by atoms with Gasteiger partial charge in [0.1, 0.15) is 11.5 Å².